The summed E-state index contributed by atoms with van der Waals surface area (Å²) >= 11 is 0. The molecule has 1 aliphatic rings. The van der Waals surface area contributed by atoms with Crippen molar-refractivity contribution in [1.82, 2.24) is 0 Å². The minimum Gasteiger partial charge on any atom is -0.202 e. The molecule has 1 aliphatic carbocycles. The van der Waals surface area contributed by atoms with Crippen molar-refractivity contribution in [3.63, 3.8) is 0 Å². The van der Waals surface area contributed by atoms with Gasteiger partial charge in [0.05, 0.1) is 0 Å². The molecule has 0 saturated carbocycles. The standard InChI is InChI=1S/C13H20F2/c1-3-4-5-6-11-7-9-12(10-8-11)13(2,14)15/h7,9-11H,3-6,8H2,1-2H3. The summed E-state index contributed by atoms with van der Waals surface area (Å²) in [6.07, 6.45) is 10.8. The van der Waals surface area contributed by atoms with Crippen LogP contribution in [0.3, 0.4) is 0 Å². The third kappa shape index (κ3) is 4.15. The lowest BCUT2D eigenvalue weighted by molar-refractivity contribution is 0.0665. The van der Waals surface area contributed by atoms with Crippen LogP contribution in [0.5, 0.6) is 0 Å². The van der Waals surface area contributed by atoms with E-state index < -0.39 is 5.92 Å². The molecule has 1 unspecified atom stereocenters. The van der Waals surface area contributed by atoms with E-state index >= 15 is 0 Å². The zero-order valence-corrected chi connectivity index (χ0v) is 9.60. The second-order valence-electron chi connectivity index (χ2n) is 4.40. The van der Waals surface area contributed by atoms with E-state index in [1.54, 1.807) is 12.2 Å². The number of hydrogen-bond donors (Lipinski definition) is 0. The Balaban J connectivity index is 2.36. The lowest BCUT2D eigenvalue weighted by atomic mass is 9.90. The zero-order chi connectivity index (χ0) is 11.3. The van der Waals surface area contributed by atoms with Crippen molar-refractivity contribution in [3.8, 4) is 0 Å². The Morgan fingerprint density at radius 3 is 2.60 bits per heavy atom. The lowest BCUT2D eigenvalue weighted by Gasteiger charge is -2.19. The molecule has 0 aromatic rings. The Labute approximate surface area is 91.1 Å². The van der Waals surface area contributed by atoms with Gasteiger partial charge in [0.15, 0.2) is 0 Å². The summed E-state index contributed by atoms with van der Waals surface area (Å²) in [5.41, 5.74) is 0.175. The van der Waals surface area contributed by atoms with Crippen LogP contribution < -0.4 is 0 Å². The molecule has 1 rings (SSSR count). The van der Waals surface area contributed by atoms with Gasteiger partial charge in [0, 0.05) is 12.5 Å². The van der Waals surface area contributed by atoms with Crippen LogP contribution in [0, 0.1) is 5.92 Å². The fraction of sp³-hybridized carbons (Fsp3) is 0.692. The van der Waals surface area contributed by atoms with Gasteiger partial charge in [-0.1, -0.05) is 44.4 Å². The summed E-state index contributed by atoms with van der Waals surface area (Å²) in [7, 11) is 0. The molecule has 0 nitrogen and oxygen atoms in total. The topological polar surface area (TPSA) is 0 Å². The summed E-state index contributed by atoms with van der Waals surface area (Å²) in [5, 5.41) is 0. The highest BCUT2D eigenvalue weighted by Crippen LogP contribution is 2.30. The molecular weight excluding hydrogens is 194 g/mol. The molecule has 86 valence electrons. The van der Waals surface area contributed by atoms with Gasteiger partial charge < -0.3 is 0 Å². The van der Waals surface area contributed by atoms with Gasteiger partial charge in [-0.3, -0.25) is 0 Å². The number of rotatable bonds is 5. The highest BCUT2D eigenvalue weighted by molar-refractivity contribution is 5.29. The van der Waals surface area contributed by atoms with E-state index in [1.807, 2.05) is 6.08 Å². The number of halogens is 2. The maximum absolute atomic E-state index is 12.9. The normalized spacial score (nSPS) is 21.6. The van der Waals surface area contributed by atoms with Crippen molar-refractivity contribution in [2.75, 3.05) is 0 Å². The maximum atomic E-state index is 12.9. The Hall–Kier alpha value is -0.660. The van der Waals surface area contributed by atoms with E-state index in [-0.39, 0.29) is 5.57 Å². The molecule has 15 heavy (non-hydrogen) atoms. The molecule has 2 heteroatoms. The minimum atomic E-state index is -2.68. The van der Waals surface area contributed by atoms with Crippen molar-refractivity contribution >= 4 is 0 Å². The van der Waals surface area contributed by atoms with Gasteiger partial charge in [-0.2, -0.15) is 0 Å². The molecule has 1 atom stereocenters. The van der Waals surface area contributed by atoms with Crippen LogP contribution in [0.25, 0.3) is 0 Å². The Morgan fingerprint density at radius 2 is 2.13 bits per heavy atom. The van der Waals surface area contributed by atoms with Crippen LogP contribution in [0.4, 0.5) is 8.78 Å². The first kappa shape index (κ1) is 12.4. The molecule has 0 bridgehead atoms. The largest absolute Gasteiger partial charge is 0.270 e. The molecule has 0 fully saturated rings. The summed E-state index contributed by atoms with van der Waals surface area (Å²) < 4.78 is 25.8. The summed E-state index contributed by atoms with van der Waals surface area (Å²) in [5.74, 6) is -2.20. The van der Waals surface area contributed by atoms with Crippen LogP contribution in [0.1, 0.15) is 46.0 Å². The van der Waals surface area contributed by atoms with E-state index in [4.69, 9.17) is 0 Å². The van der Waals surface area contributed by atoms with Gasteiger partial charge in [-0.25, -0.2) is 8.78 Å². The first-order valence-corrected chi connectivity index (χ1v) is 5.80. The van der Waals surface area contributed by atoms with E-state index in [1.165, 1.54) is 19.3 Å². The number of alkyl halides is 2. The summed E-state index contributed by atoms with van der Waals surface area (Å²) in [6, 6.07) is 0. The van der Waals surface area contributed by atoms with Crippen molar-refractivity contribution < 1.29 is 8.78 Å². The smallest absolute Gasteiger partial charge is 0.202 e. The predicted molar refractivity (Wildman–Crippen MR) is 60.1 cm³/mol. The van der Waals surface area contributed by atoms with E-state index in [0.717, 1.165) is 19.8 Å². The number of allylic oxidation sites excluding steroid dienone is 4. The SMILES string of the molecule is CCCCCC1C=CC(C(C)(F)F)=CC1. The number of hydrogen-bond acceptors (Lipinski definition) is 0. The molecule has 0 spiro atoms. The average molecular weight is 214 g/mol. The highest BCUT2D eigenvalue weighted by atomic mass is 19.3. The van der Waals surface area contributed by atoms with E-state index in [2.05, 4.69) is 6.92 Å². The van der Waals surface area contributed by atoms with Gasteiger partial charge in [0.2, 0.25) is 0 Å². The maximum Gasteiger partial charge on any atom is 0.270 e. The van der Waals surface area contributed by atoms with Crippen LogP contribution in [-0.2, 0) is 0 Å². The Kier molecular flexibility index (Phi) is 4.49. The summed E-state index contributed by atoms with van der Waals surface area (Å²) in [6.45, 7) is 3.13. The van der Waals surface area contributed by atoms with Crippen molar-refractivity contribution in [1.29, 1.82) is 0 Å². The average Bonchev–Trinajstić information content (AvgIpc) is 2.18. The molecule has 0 aromatic carbocycles. The quantitative estimate of drug-likeness (QED) is 0.581. The van der Waals surface area contributed by atoms with Crippen LogP contribution in [0.15, 0.2) is 23.8 Å². The van der Waals surface area contributed by atoms with Gasteiger partial charge in [0.1, 0.15) is 0 Å². The second-order valence-corrected chi connectivity index (χ2v) is 4.40. The monoisotopic (exact) mass is 214 g/mol. The van der Waals surface area contributed by atoms with Crippen molar-refractivity contribution in [2.24, 2.45) is 5.92 Å². The fourth-order valence-electron chi connectivity index (χ4n) is 1.86. The molecule has 0 saturated heterocycles. The third-order valence-electron chi connectivity index (χ3n) is 2.87. The molecule has 0 amide bonds. The predicted octanol–water partition coefficient (Wildman–Crippen LogP) is 4.72. The van der Waals surface area contributed by atoms with Crippen LogP contribution in [0.2, 0.25) is 0 Å². The van der Waals surface area contributed by atoms with Crippen molar-refractivity contribution in [2.45, 2.75) is 51.9 Å². The van der Waals surface area contributed by atoms with Crippen molar-refractivity contribution in [3.05, 3.63) is 23.8 Å². The van der Waals surface area contributed by atoms with Crippen LogP contribution in [-0.4, -0.2) is 5.92 Å². The fourth-order valence-corrected chi connectivity index (χ4v) is 1.86. The van der Waals surface area contributed by atoms with E-state index in [9.17, 15) is 8.78 Å². The molecular formula is C13H20F2. The molecule has 0 aliphatic heterocycles. The first-order valence-electron chi connectivity index (χ1n) is 5.80. The summed E-state index contributed by atoms with van der Waals surface area (Å²) in [4.78, 5) is 0. The van der Waals surface area contributed by atoms with E-state index in [0.29, 0.717) is 5.92 Å². The zero-order valence-electron chi connectivity index (χ0n) is 9.60. The number of unbranched alkanes of at least 4 members (excludes halogenated alkanes) is 2. The van der Waals surface area contributed by atoms with Gasteiger partial charge in [-0.05, 0) is 18.8 Å². The Bertz CT molecular complexity index is 246. The highest BCUT2D eigenvalue weighted by Gasteiger charge is 2.26. The second kappa shape index (κ2) is 5.43. The van der Waals surface area contributed by atoms with Crippen LogP contribution >= 0.6 is 0 Å². The molecule has 0 aromatic heterocycles. The Morgan fingerprint density at radius 1 is 1.40 bits per heavy atom. The van der Waals surface area contributed by atoms with Gasteiger partial charge >= 0.3 is 0 Å². The lowest BCUT2D eigenvalue weighted by Crippen LogP contribution is -2.15. The molecule has 0 heterocycles. The molecule has 0 radical (unpaired) electrons. The van der Waals surface area contributed by atoms with Gasteiger partial charge in [-0.15, -0.1) is 0 Å². The van der Waals surface area contributed by atoms with Gasteiger partial charge in [0.25, 0.3) is 5.92 Å². The first-order chi connectivity index (χ1) is 7.04. The molecule has 0 N–H and O–H groups in total. The minimum absolute atomic E-state index is 0.175. The third-order valence-corrected chi connectivity index (χ3v) is 2.87.